The van der Waals surface area contributed by atoms with Crippen LogP contribution >= 0.6 is 11.8 Å². The molecule has 5 nitrogen and oxygen atoms in total. The molecule has 4 aromatic rings. The highest BCUT2D eigenvalue weighted by Gasteiger charge is 2.14. The van der Waals surface area contributed by atoms with Gasteiger partial charge < -0.3 is 14.6 Å². The maximum Gasteiger partial charge on any atom is 0.256 e. The van der Waals surface area contributed by atoms with Gasteiger partial charge >= 0.3 is 0 Å². The van der Waals surface area contributed by atoms with Crippen LogP contribution in [-0.2, 0) is 12.4 Å². The SMILES string of the molecule is Cc1noc(C)c1CSc1ccccc1C(=O)Nc1ccc(OCc2ccccc2)cc1. The number of ether oxygens (including phenoxy) is 1. The van der Waals surface area contributed by atoms with Crippen molar-refractivity contribution < 1.29 is 14.1 Å². The molecule has 0 bridgehead atoms. The zero-order chi connectivity index (χ0) is 22.3. The van der Waals surface area contributed by atoms with Crippen molar-refractivity contribution in [3.63, 3.8) is 0 Å². The summed E-state index contributed by atoms with van der Waals surface area (Å²) in [5, 5.41) is 6.98. The molecule has 4 rings (SSSR count). The van der Waals surface area contributed by atoms with Gasteiger partial charge in [-0.2, -0.15) is 0 Å². The first kappa shape index (κ1) is 21.7. The molecule has 32 heavy (non-hydrogen) atoms. The molecule has 3 aromatic carbocycles. The third kappa shape index (κ3) is 5.39. The lowest BCUT2D eigenvalue weighted by molar-refractivity contribution is 0.102. The molecule has 162 valence electrons. The van der Waals surface area contributed by atoms with E-state index in [-0.39, 0.29) is 5.91 Å². The van der Waals surface area contributed by atoms with Crippen molar-refractivity contribution in [1.82, 2.24) is 5.16 Å². The van der Waals surface area contributed by atoms with Crippen LogP contribution in [-0.4, -0.2) is 11.1 Å². The first-order valence-electron chi connectivity index (χ1n) is 10.3. The van der Waals surface area contributed by atoms with Gasteiger partial charge in [0.1, 0.15) is 18.1 Å². The highest BCUT2D eigenvalue weighted by molar-refractivity contribution is 7.98. The standard InChI is InChI=1S/C26H24N2O3S/c1-18-24(19(2)31-28-18)17-32-25-11-7-6-10-23(25)26(29)27-21-12-14-22(15-13-21)30-16-20-8-4-3-5-9-20/h3-15H,16-17H2,1-2H3,(H,27,29). The second-order valence-corrected chi connectivity index (χ2v) is 8.36. The lowest BCUT2D eigenvalue weighted by Gasteiger charge is -2.11. The van der Waals surface area contributed by atoms with E-state index in [1.807, 2.05) is 92.7 Å². The Morgan fingerprint density at radius 3 is 2.41 bits per heavy atom. The summed E-state index contributed by atoms with van der Waals surface area (Å²) in [5.74, 6) is 2.11. The third-order valence-electron chi connectivity index (χ3n) is 5.05. The van der Waals surface area contributed by atoms with E-state index in [1.54, 1.807) is 11.8 Å². The number of carbonyl (C=O) groups excluding carboxylic acids is 1. The summed E-state index contributed by atoms with van der Waals surface area (Å²) in [4.78, 5) is 13.8. The topological polar surface area (TPSA) is 64.4 Å². The monoisotopic (exact) mass is 444 g/mol. The fourth-order valence-electron chi connectivity index (χ4n) is 3.21. The van der Waals surface area contributed by atoms with Crippen molar-refractivity contribution in [3.8, 4) is 5.75 Å². The van der Waals surface area contributed by atoms with Gasteiger partial charge in [0.15, 0.2) is 0 Å². The number of benzene rings is 3. The summed E-state index contributed by atoms with van der Waals surface area (Å²) >= 11 is 1.60. The molecule has 0 aliphatic heterocycles. The number of anilines is 1. The third-order valence-corrected chi connectivity index (χ3v) is 6.15. The van der Waals surface area contributed by atoms with Gasteiger partial charge in [0, 0.05) is 21.9 Å². The quantitative estimate of drug-likeness (QED) is 0.318. The second kappa shape index (κ2) is 10.2. The lowest BCUT2D eigenvalue weighted by Crippen LogP contribution is -2.13. The number of aromatic nitrogens is 1. The number of hydrogen-bond acceptors (Lipinski definition) is 5. The van der Waals surface area contributed by atoms with Crippen molar-refractivity contribution in [2.75, 3.05) is 5.32 Å². The maximum atomic E-state index is 12.9. The predicted molar refractivity (Wildman–Crippen MR) is 127 cm³/mol. The molecule has 0 fully saturated rings. The zero-order valence-corrected chi connectivity index (χ0v) is 18.8. The molecule has 0 radical (unpaired) electrons. The number of thioether (sulfide) groups is 1. The minimum Gasteiger partial charge on any atom is -0.489 e. The van der Waals surface area contributed by atoms with E-state index in [0.717, 1.165) is 33.2 Å². The number of hydrogen-bond donors (Lipinski definition) is 1. The van der Waals surface area contributed by atoms with Gasteiger partial charge in [-0.15, -0.1) is 11.8 Å². The summed E-state index contributed by atoms with van der Waals surface area (Å²) in [5.41, 5.74) is 4.40. The van der Waals surface area contributed by atoms with E-state index >= 15 is 0 Å². The van der Waals surface area contributed by atoms with Crippen LogP contribution in [0, 0.1) is 13.8 Å². The Kier molecular flexibility index (Phi) is 6.92. The Balaban J connectivity index is 1.38. The summed E-state index contributed by atoms with van der Waals surface area (Å²) in [6, 6.07) is 25.0. The predicted octanol–water partition coefficient (Wildman–Crippen LogP) is 6.42. The van der Waals surface area contributed by atoms with Crippen LogP contribution in [0.1, 0.15) is 32.9 Å². The number of nitrogens with one attached hydrogen (secondary N) is 1. The molecule has 0 aliphatic carbocycles. The Morgan fingerprint density at radius 1 is 0.969 bits per heavy atom. The van der Waals surface area contributed by atoms with Gasteiger partial charge in [0.2, 0.25) is 0 Å². The van der Waals surface area contributed by atoms with E-state index in [4.69, 9.17) is 9.26 Å². The van der Waals surface area contributed by atoms with Crippen LogP contribution in [0.5, 0.6) is 5.75 Å². The Hall–Kier alpha value is -3.51. The number of rotatable bonds is 8. The van der Waals surface area contributed by atoms with E-state index in [2.05, 4.69) is 10.5 Å². The Bertz CT molecular complexity index is 1170. The largest absolute Gasteiger partial charge is 0.489 e. The highest BCUT2D eigenvalue weighted by atomic mass is 32.2. The van der Waals surface area contributed by atoms with E-state index in [1.165, 1.54) is 0 Å². The molecule has 1 aromatic heterocycles. The summed E-state index contributed by atoms with van der Waals surface area (Å²) < 4.78 is 11.1. The lowest BCUT2D eigenvalue weighted by atomic mass is 10.2. The van der Waals surface area contributed by atoms with Crippen LogP contribution in [0.2, 0.25) is 0 Å². The molecule has 6 heteroatoms. The highest BCUT2D eigenvalue weighted by Crippen LogP contribution is 2.29. The molecule has 0 aliphatic rings. The molecular weight excluding hydrogens is 420 g/mol. The molecule has 1 heterocycles. The fraction of sp³-hybridized carbons (Fsp3) is 0.154. The average molecular weight is 445 g/mol. The van der Waals surface area contributed by atoms with Crippen LogP contribution < -0.4 is 10.1 Å². The maximum absolute atomic E-state index is 12.9. The van der Waals surface area contributed by atoms with Gasteiger partial charge in [0.05, 0.1) is 11.3 Å². The van der Waals surface area contributed by atoms with Gasteiger partial charge in [0.25, 0.3) is 5.91 Å². The smallest absolute Gasteiger partial charge is 0.256 e. The van der Waals surface area contributed by atoms with Crippen LogP contribution in [0.3, 0.4) is 0 Å². The molecule has 1 N–H and O–H groups in total. The minimum atomic E-state index is -0.148. The fourth-order valence-corrected chi connectivity index (χ4v) is 4.41. The number of nitrogens with zero attached hydrogens (tertiary/aromatic N) is 1. The number of carbonyl (C=O) groups is 1. The first-order valence-corrected chi connectivity index (χ1v) is 11.3. The Labute approximate surface area is 191 Å². The van der Waals surface area contributed by atoms with Gasteiger partial charge in [-0.1, -0.05) is 47.6 Å². The second-order valence-electron chi connectivity index (χ2n) is 7.34. The molecular formula is C26H24N2O3S. The van der Waals surface area contributed by atoms with E-state index in [9.17, 15) is 4.79 Å². The van der Waals surface area contributed by atoms with Crippen molar-refractivity contribution in [1.29, 1.82) is 0 Å². The van der Waals surface area contributed by atoms with E-state index in [0.29, 0.717) is 23.6 Å². The zero-order valence-electron chi connectivity index (χ0n) is 18.0. The molecule has 0 atom stereocenters. The summed E-state index contributed by atoms with van der Waals surface area (Å²) in [7, 11) is 0. The van der Waals surface area contributed by atoms with Gasteiger partial charge in [-0.25, -0.2) is 0 Å². The summed E-state index contributed by atoms with van der Waals surface area (Å²) in [6.07, 6.45) is 0. The molecule has 1 amide bonds. The number of amides is 1. The molecule has 0 saturated heterocycles. The normalized spacial score (nSPS) is 10.7. The van der Waals surface area contributed by atoms with Crippen LogP contribution in [0.15, 0.2) is 88.3 Å². The van der Waals surface area contributed by atoms with Crippen molar-refractivity contribution in [3.05, 3.63) is 107 Å². The first-order chi connectivity index (χ1) is 15.6. The van der Waals surface area contributed by atoms with E-state index < -0.39 is 0 Å². The van der Waals surface area contributed by atoms with Gasteiger partial charge in [-0.05, 0) is 55.8 Å². The molecule has 0 saturated carbocycles. The van der Waals surface area contributed by atoms with Crippen molar-refractivity contribution >= 4 is 23.4 Å². The molecule has 0 spiro atoms. The molecule has 0 unspecified atom stereocenters. The van der Waals surface area contributed by atoms with Crippen LogP contribution in [0.4, 0.5) is 5.69 Å². The Morgan fingerprint density at radius 2 is 1.69 bits per heavy atom. The summed E-state index contributed by atoms with van der Waals surface area (Å²) in [6.45, 7) is 4.34. The number of aryl methyl sites for hydroxylation is 2. The van der Waals surface area contributed by atoms with Crippen molar-refractivity contribution in [2.45, 2.75) is 31.1 Å². The van der Waals surface area contributed by atoms with Gasteiger partial charge in [-0.3, -0.25) is 4.79 Å². The average Bonchev–Trinajstić information content (AvgIpc) is 3.15. The van der Waals surface area contributed by atoms with Crippen molar-refractivity contribution in [2.24, 2.45) is 0 Å². The van der Waals surface area contributed by atoms with Crippen LogP contribution in [0.25, 0.3) is 0 Å². The minimum absolute atomic E-state index is 0.148.